The van der Waals surface area contributed by atoms with E-state index in [0.29, 0.717) is 0 Å². The van der Waals surface area contributed by atoms with Crippen LogP contribution in [0.25, 0.3) is 0 Å². The molecule has 0 radical (unpaired) electrons. The van der Waals surface area contributed by atoms with Gasteiger partial charge in [-0.15, -0.1) is 0 Å². The molecule has 0 heterocycles. The second-order valence-electron chi connectivity index (χ2n) is 2.03. The van der Waals surface area contributed by atoms with Crippen molar-refractivity contribution in [3.05, 3.63) is 0 Å². The highest BCUT2D eigenvalue weighted by molar-refractivity contribution is 6.20. The number of hydrogen-bond acceptors (Lipinski definition) is 1. The van der Waals surface area contributed by atoms with E-state index in [2.05, 4.69) is 16.3 Å². The van der Waals surface area contributed by atoms with E-state index in [4.69, 9.17) is 0 Å². The first kappa shape index (κ1) is 10.0. The van der Waals surface area contributed by atoms with Crippen LogP contribution >= 0.6 is 11.6 Å². The van der Waals surface area contributed by atoms with Gasteiger partial charge in [0.05, 0.1) is 6.10 Å². The second kappa shape index (κ2) is 3.44. The van der Waals surface area contributed by atoms with Gasteiger partial charge in [0.15, 0.2) is 0 Å². The van der Waals surface area contributed by atoms with Crippen molar-refractivity contribution >= 4 is 11.6 Å². The summed E-state index contributed by atoms with van der Waals surface area (Å²) in [7, 11) is 0. The molecule has 0 saturated carbocycles. The lowest BCUT2D eigenvalue weighted by molar-refractivity contribution is -0.272. The molecule has 0 rings (SSSR count). The topological polar surface area (TPSA) is 9.23 Å². The fraction of sp³-hybridized carbons (Fsp3) is 1.00. The van der Waals surface area contributed by atoms with Crippen LogP contribution in [0, 0.1) is 0 Å². The molecular weight excluding hydrogens is 169 g/mol. The molecule has 0 spiro atoms. The molecule has 10 heavy (non-hydrogen) atoms. The number of alkyl halides is 4. The van der Waals surface area contributed by atoms with Gasteiger partial charge >= 0.3 is 6.11 Å². The smallest absolute Gasteiger partial charge is 0.314 e. The summed E-state index contributed by atoms with van der Waals surface area (Å²) in [6.45, 7) is 2.74. The predicted octanol–water partition coefficient (Wildman–Crippen LogP) is 2.54. The van der Waals surface area contributed by atoms with E-state index in [0.717, 1.165) is 0 Å². The van der Waals surface area contributed by atoms with Crippen LogP contribution in [0.4, 0.5) is 13.2 Å². The minimum absolute atomic E-state index is 0.744. The van der Waals surface area contributed by atoms with Crippen LogP contribution < -0.4 is 0 Å². The molecule has 0 aliphatic rings. The SMILES string of the molecule is CC(C)OC(F)(F)C(F)Cl. The van der Waals surface area contributed by atoms with Crippen LogP contribution in [-0.4, -0.2) is 17.8 Å². The molecule has 0 aromatic heterocycles. The van der Waals surface area contributed by atoms with Crippen molar-refractivity contribution in [3.8, 4) is 0 Å². The number of hydrogen-bond donors (Lipinski definition) is 0. The molecule has 1 unspecified atom stereocenters. The molecule has 0 aromatic rings. The summed E-state index contributed by atoms with van der Waals surface area (Å²) in [6.07, 6.45) is -4.62. The first-order chi connectivity index (χ1) is 4.36. The number of ether oxygens (including phenoxy) is 1. The lowest BCUT2D eigenvalue weighted by Crippen LogP contribution is -2.32. The van der Waals surface area contributed by atoms with Crippen molar-refractivity contribution in [1.29, 1.82) is 0 Å². The summed E-state index contributed by atoms with van der Waals surface area (Å²) in [4.78, 5) is 0. The average molecular weight is 177 g/mol. The Bertz CT molecular complexity index is 105. The van der Waals surface area contributed by atoms with Crippen molar-refractivity contribution in [2.45, 2.75) is 31.7 Å². The quantitative estimate of drug-likeness (QED) is 0.601. The second-order valence-corrected chi connectivity index (χ2v) is 2.41. The molecule has 0 aromatic carbocycles. The fourth-order valence-corrected chi connectivity index (χ4v) is 0.417. The van der Waals surface area contributed by atoms with Gasteiger partial charge in [-0.05, 0) is 13.8 Å². The first-order valence-electron chi connectivity index (χ1n) is 2.70. The minimum Gasteiger partial charge on any atom is -0.314 e. The highest BCUT2D eigenvalue weighted by atomic mass is 35.5. The molecule has 0 bridgehead atoms. The van der Waals surface area contributed by atoms with Crippen LogP contribution in [0.1, 0.15) is 13.8 Å². The normalized spacial score (nSPS) is 15.9. The van der Waals surface area contributed by atoms with Crippen LogP contribution in [0.3, 0.4) is 0 Å². The lowest BCUT2D eigenvalue weighted by atomic mass is 10.5. The standard InChI is InChI=1S/C5H8ClF3O/c1-3(2)10-5(8,9)4(6)7/h3-4H,1-2H3. The zero-order valence-electron chi connectivity index (χ0n) is 5.57. The Morgan fingerprint density at radius 3 is 1.90 bits per heavy atom. The minimum atomic E-state index is -3.88. The Balaban J connectivity index is 3.87. The third kappa shape index (κ3) is 3.27. The van der Waals surface area contributed by atoms with Crippen LogP contribution in [-0.2, 0) is 4.74 Å². The Morgan fingerprint density at radius 2 is 1.80 bits per heavy atom. The number of halogens is 4. The molecule has 1 nitrogen and oxygen atoms in total. The van der Waals surface area contributed by atoms with E-state index in [-0.39, 0.29) is 0 Å². The number of rotatable bonds is 3. The van der Waals surface area contributed by atoms with Crippen molar-refractivity contribution in [3.63, 3.8) is 0 Å². The van der Waals surface area contributed by atoms with E-state index in [1.807, 2.05) is 0 Å². The summed E-state index contributed by atoms with van der Waals surface area (Å²) in [5.41, 5.74) is -2.78. The van der Waals surface area contributed by atoms with Crippen molar-refractivity contribution in [2.75, 3.05) is 0 Å². The molecule has 0 saturated heterocycles. The van der Waals surface area contributed by atoms with Crippen molar-refractivity contribution in [2.24, 2.45) is 0 Å². The van der Waals surface area contributed by atoms with Gasteiger partial charge in [-0.3, -0.25) is 0 Å². The van der Waals surface area contributed by atoms with Gasteiger partial charge in [-0.25, -0.2) is 4.39 Å². The third-order valence-corrected chi connectivity index (χ3v) is 0.901. The van der Waals surface area contributed by atoms with E-state index < -0.39 is 17.8 Å². The molecule has 0 N–H and O–H groups in total. The van der Waals surface area contributed by atoms with Gasteiger partial charge < -0.3 is 4.74 Å². The lowest BCUT2D eigenvalue weighted by Gasteiger charge is -2.18. The summed E-state index contributed by atoms with van der Waals surface area (Å²) < 4.78 is 39.7. The molecular formula is C5H8ClF3O. The maximum Gasteiger partial charge on any atom is 0.401 e. The molecule has 5 heteroatoms. The van der Waals surface area contributed by atoms with Gasteiger partial charge in [-0.2, -0.15) is 8.78 Å². The summed E-state index contributed by atoms with van der Waals surface area (Å²) >= 11 is 4.47. The van der Waals surface area contributed by atoms with Crippen molar-refractivity contribution < 1.29 is 17.9 Å². The van der Waals surface area contributed by atoms with E-state index >= 15 is 0 Å². The molecule has 0 amide bonds. The fourth-order valence-electron chi connectivity index (χ4n) is 0.366. The maximum absolute atomic E-state index is 12.1. The Kier molecular flexibility index (Phi) is 3.45. The van der Waals surface area contributed by atoms with Crippen LogP contribution in [0.2, 0.25) is 0 Å². The van der Waals surface area contributed by atoms with Gasteiger partial charge in [0, 0.05) is 0 Å². The predicted molar refractivity (Wildman–Crippen MR) is 31.9 cm³/mol. The Morgan fingerprint density at radius 1 is 1.40 bits per heavy atom. The van der Waals surface area contributed by atoms with Gasteiger partial charge in [0.1, 0.15) is 0 Å². The zero-order chi connectivity index (χ0) is 8.36. The Labute approximate surface area is 62.1 Å². The van der Waals surface area contributed by atoms with Gasteiger partial charge in [0.2, 0.25) is 0 Å². The monoisotopic (exact) mass is 176 g/mol. The van der Waals surface area contributed by atoms with Gasteiger partial charge in [0.25, 0.3) is 5.63 Å². The highest BCUT2D eigenvalue weighted by Crippen LogP contribution is 2.26. The Hall–Kier alpha value is 0.0400. The zero-order valence-corrected chi connectivity index (χ0v) is 6.33. The largest absolute Gasteiger partial charge is 0.401 e. The molecule has 0 aliphatic carbocycles. The molecule has 1 atom stereocenters. The summed E-state index contributed by atoms with van der Waals surface area (Å²) in [5, 5.41) is 0. The van der Waals surface area contributed by atoms with Crippen LogP contribution in [0.5, 0.6) is 0 Å². The molecule has 0 aliphatic heterocycles. The first-order valence-corrected chi connectivity index (χ1v) is 3.13. The maximum atomic E-state index is 12.1. The van der Waals surface area contributed by atoms with Gasteiger partial charge in [-0.1, -0.05) is 11.6 Å². The third-order valence-electron chi connectivity index (χ3n) is 0.647. The summed E-state index contributed by atoms with van der Waals surface area (Å²) in [5.74, 6) is 0. The average Bonchev–Trinajstić information content (AvgIpc) is 1.60. The molecule has 62 valence electrons. The van der Waals surface area contributed by atoms with E-state index in [9.17, 15) is 13.2 Å². The van der Waals surface area contributed by atoms with E-state index in [1.54, 1.807) is 0 Å². The van der Waals surface area contributed by atoms with Crippen LogP contribution in [0.15, 0.2) is 0 Å². The highest BCUT2D eigenvalue weighted by Gasteiger charge is 2.41. The molecule has 0 fully saturated rings. The van der Waals surface area contributed by atoms with E-state index in [1.165, 1.54) is 13.8 Å². The van der Waals surface area contributed by atoms with Crippen molar-refractivity contribution in [1.82, 2.24) is 0 Å². The summed E-state index contributed by atoms with van der Waals surface area (Å²) in [6, 6.07) is 0.